The molecule has 3 N–H and O–H groups in total. The van der Waals surface area contributed by atoms with Crippen LogP contribution in [0.2, 0.25) is 0 Å². The van der Waals surface area contributed by atoms with E-state index < -0.39 is 12.0 Å². The normalized spacial score (nSPS) is 11.8. The van der Waals surface area contributed by atoms with E-state index in [0.717, 1.165) is 0 Å². The predicted molar refractivity (Wildman–Crippen MR) is 75.1 cm³/mol. The molecule has 0 bridgehead atoms. The number of aromatic nitrogens is 2. The van der Waals surface area contributed by atoms with Crippen LogP contribution in [0.1, 0.15) is 17.3 Å². The van der Waals surface area contributed by atoms with Crippen LogP contribution in [-0.4, -0.2) is 32.7 Å². The monoisotopic (exact) mass is 294 g/mol. The van der Waals surface area contributed by atoms with Crippen LogP contribution in [0, 0.1) is 0 Å². The van der Waals surface area contributed by atoms with Gasteiger partial charge in [-0.3, -0.25) is 5.32 Å². The molecule has 1 unspecified atom stereocenters. The van der Waals surface area contributed by atoms with E-state index in [4.69, 9.17) is 5.11 Å². The van der Waals surface area contributed by atoms with E-state index in [0.29, 0.717) is 11.5 Å². The van der Waals surface area contributed by atoms with E-state index in [-0.39, 0.29) is 11.6 Å². The zero-order chi connectivity index (χ0) is 14.5. The quantitative estimate of drug-likeness (QED) is 0.784. The average Bonchev–Trinajstić information content (AvgIpc) is 2.99. The van der Waals surface area contributed by atoms with E-state index in [9.17, 15) is 9.59 Å². The fraction of sp³-hybridized carbons (Fsp3) is 0.250. The number of carbonyl (C=O) groups excluding carboxylic acids is 1. The maximum Gasteiger partial charge on any atom is 0.338 e. The molecule has 0 aliphatic carbocycles. The molecule has 8 heteroatoms. The number of aromatic carboxylic acids is 1. The van der Waals surface area contributed by atoms with Crippen molar-refractivity contribution in [2.75, 3.05) is 5.32 Å². The van der Waals surface area contributed by atoms with Gasteiger partial charge in [-0.25, -0.2) is 14.6 Å². The van der Waals surface area contributed by atoms with E-state index in [1.807, 2.05) is 11.5 Å². The summed E-state index contributed by atoms with van der Waals surface area (Å²) in [6.45, 7) is 2.44. The largest absolute Gasteiger partial charge is 0.478 e. The van der Waals surface area contributed by atoms with Crippen LogP contribution in [0.25, 0.3) is 0 Å². The molecule has 0 spiro atoms. The van der Waals surface area contributed by atoms with Crippen LogP contribution < -0.4 is 10.6 Å². The van der Waals surface area contributed by atoms with Gasteiger partial charge in [-0.15, -0.1) is 11.3 Å². The number of rotatable bonds is 5. The van der Waals surface area contributed by atoms with Gasteiger partial charge in [-0.05, 0) is 18.4 Å². The third-order valence-electron chi connectivity index (χ3n) is 2.54. The number of thiophene rings is 1. The third-order valence-corrected chi connectivity index (χ3v) is 3.37. The average molecular weight is 294 g/mol. The molecule has 0 saturated heterocycles. The number of hydrogen-bond donors (Lipinski definition) is 3. The molecule has 7 nitrogen and oxygen atoms in total. The Morgan fingerprint density at radius 1 is 1.55 bits per heavy atom. The Morgan fingerprint density at radius 2 is 2.35 bits per heavy atom. The lowest BCUT2D eigenvalue weighted by atomic mass is 10.3. The van der Waals surface area contributed by atoms with Crippen molar-refractivity contribution in [2.45, 2.75) is 19.5 Å². The first-order valence-electron chi connectivity index (χ1n) is 5.90. The minimum absolute atomic E-state index is 0.0902. The summed E-state index contributed by atoms with van der Waals surface area (Å²) in [7, 11) is 0. The Hall–Kier alpha value is -2.35. The van der Waals surface area contributed by atoms with Gasteiger partial charge in [-0.2, -0.15) is 0 Å². The molecular formula is C12H14N4O3S. The maximum atomic E-state index is 11.8. The first-order chi connectivity index (χ1) is 9.56. The maximum absolute atomic E-state index is 11.8. The van der Waals surface area contributed by atoms with Gasteiger partial charge in [0.2, 0.25) is 0 Å². The van der Waals surface area contributed by atoms with Crippen molar-refractivity contribution >= 4 is 28.3 Å². The molecule has 2 rings (SSSR count). The summed E-state index contributed by atoms with van der Waals surface area (Å²) in [6.07, 6.45) is 5.13. The lowest BCUT2D eigenvalue weighted by Gasteiger charge is -2.14. The lowest BCUT2D eigenvalue weighted by molar-refractivity contribution is 0.0698. The van der Waals surface area contributed by atoms with Crippen molar-refractivity contribution in [3.8, 4) is 0 Å². The first kappa shape index (κ1) is 14.1. The molecule has 0 aliphatic heterocycles. The number of anilines is 1. The fourth-order valence-electron chi connectivity index (χ4n) is 1.69. The Kier molecular flexibility index (Phi) is 4.36. The first-order valence-corrected chi connectivity index (χ1v) is 6.78. The summed E-state index contributed by atoms with van der Waals surface area (Å²) in [5.41, 5.74) is 0.0902. The molecule has 20 heavy (non-hydrogen) atoms. The number of carboxylic acids is 1. The zero-order valence-electron chi connectivity index (χ0n) is 10.7. The molecule has 2 heterocycles. The number of hydrogen-bond acceptors (Lipinski definition) is 4. The number of carbonyl (C=O) groups is 2. The molecule has 106 valence electrons. The molecule has 0 fully saturated rings. The van der Waals surface area contributed by atoms with Gasteiger partial charge in [0.05, 0.1) is 11.9 Å². The van der Waals surface area contributed by atoms with Crippen molar-refractivity contribution in [1.29, 1.82) is 0 Å². The highest BCUT2D eigenvalue weighted by molar-refractivity contribution is 7.14. The van der Waals surface area contributed by atoms with Crippen LogP contribution >= 0.6 is 11.3 Å². The van der Waals surface area contributed by atoms with E-state index >= 15 is 0 Å². The van der Waals surface area contributed by atoms with Gasteiger partial charge in [0.1, 0.15) is 5.00 Å². The number of imidazole rings is 1. The van der Waals surface area contributed by atoms with Crippen LogP contribution in [0.3, 0.4) is 0 Å². The molecule has 2 amide bonds. The fourth-order valence-corrected chi connectivity index (χ4v) is 2.47. The molecule has 1 atom stereocenters. The second kappa shape index (κ2) is 6.20. The Bertz CT molecular complexity index is 594. The van der Waals surface area contributed by atoms with Gasteiger partial charge in [0.15, 0.2) is 0 Å². The summed E-state index contributed by atoms with van der Waals surface area (Å²) in [5, 5.41) is 16.2. The molecular weight excluding hydrogens is 280 g/mol. The molecule has 0 radical (unpaired) electrons. The van der Waals surface area contributed by atoms with Crippen LogP contribution in [-0.2, 0) is 6.54 Å². The second-order valence-electron chi connectivity index (χ2n) is 4.23. The summed E-state index contributed by atoms with van der Waals surface area (Å²) in [6, 6.07) is 0.914. The highest BCUT2D eigenvalue weighted by Gasteiger charge is 2.14. The van der Waals surface area contributed by atoms with Crippen molar-refractivity contribution in [2.24, 2.45) is 0 Å². The summed E-state index contributed by atoms with van der Waals surface area (Å²) >= 11 is 1.17. The Morgan fingerprint density at radius 3 is 3.00 bits per heavy atom. The van der Waals surface area contributed by atoms with Crippen molar-refractivity contribution in [3.05, 3.63) is 35.7 Å². The van der Waals surface area contributed by atoms with Crippen LogP contribution in [0.4, 0.5) is 9.80 Å². The van der Waals surface area contributed by atoms with Crippen molar-refractivity contribution in [3.63, 3.8) is 0 Å². The molecule has 0 saturated carbocycles. The standard InChI is InChI=1S/C12H14N4O3S/c1-8(6-16-4-3-13-7-16)14-12(19)15-10-9(11(17)18)2-5-20-10/h2-5,7-8H,6H2,1H3,(H,17,18)(H2,14,15,19). The number of carboxylic acid groups (broad SMARTS) is 1. The number of urea groups is 1. The van der Waals surface area contributed by atoms with Gasteiger partial charge < -0.3 is 15.0 Å². The number of nitrogens with one attached hydrogen (secondary N) is 2. The van der Waals surface area contributed by atoms with Crippen LogP contribution in [0.5, 0.6) is 0 Å². The van der Waals surface area contributed by atoms with Crippen molar-refractivity contribution < 1.29 is 14.7 Å². The molecule has 2 aromatic rings. The van der Waals surface area contributed by atoms with Gasteiger partial charge >= 0.3 is 12.0 Å². The lowest BCUT2D eigenvalue weighted by Crippen LogP contribution is -2.38. The van der Waals surface area contributed by atoms with Gasteiger partial charge in [0, 0.05) is 25.0 Å². The zero-order valence-corrected chi connectivity index (χ0v) is 11.6. The minimum atomic E-state index is -1.06. The smallest absolute Gasteiger partial charge is 0.338 e. The van der Waals surface area contributed by atoms with Gasteiger partial charge in [0.25, 0.3) is 0 Å². The summed E-state index contributed by atoms with van der Waals surface area (Å²) < 4.78 is 1.85. The molecule has 2 aromatic heterocycles. The van der Waals surface area contributed by atoms with E-state index in [2.05, 4.69) is 15.6 Å². The Labute approximate surface area is 119 Å². The van der Waals surface area contributed by atoms with Crippen LogP contribution in [0.15, 0.2) is 30.2 Å². The van der Waals surface area contributed by atoms with Gasteiger partial charge in [-0.1, -0.05) is 0 Å². The van der Waals surface area contributed by atoms with Crippen molar-refractivity contribution in [1.82, 2.24) is 14.9 Å². The molecule has 0 aliphatic rings. The summed E-state index contributed by atoms with van der Waals surface area (Å²) in [5.74, 6) is -1.06. The topological polar surface area (TPSA) is 96.3 Å². The van der Waals surface area contributed by atoms with E-state index in [1.165, 1.54) is 17.4 Å². The number of nitrogens with zero attached hydrogens (tertiary/aromatic N) is 2. The Balaban J connectivity index is 1.89. The summed E-state index contributed by atoms with van der Waals surface area (Å²) in [4.78, 5) is 26.6. The molecule has 0 aromatic carbocycles. The highest BCUT2D eigenvalue weighted by Crippen LogP contribution is 2.22. The number of amides is 2. The second-order valence-corrected chi connectivity index (χ2v) is 5.14. The predicted octanol–water partition coefficient (Wildman–Crippen LogP) is 1.85. The third kappa shape index (κ3) is 3.58. The SMILES string of the molecule is CC(Cn1ccnc1)NC(=O)Nc1sccc1C(=O)O. The highest BCUT2D eigenvalue weighted by atomic mass is 32.1. The van der Waals surface area contributed by atoms with E-state index in [1.54, 1.807) is 24.1 Å². The minimum Gasteiger partial charge on any atom is -0.478 e.